The van der Waals surface area contributed by atoms with E-state index in [-0.39, 0.29) is 5.41 Å². The van der Waals surface area contributed by atoms with Crippen molar-refractivity contribution in [1.29, 1.82) is 0 Å². The highest BCUT2D eigenvalue weighted by molar-refractivity contribution is 5.14. The normalized spacial score (nSPS) is 20.8. The maximum absolute atomic E-state index is 5.85. The molecule has 1 aliphatic heterocycles. The number of rotatable bonds is 6. The molecule has 1 unspecified atom stereocenters. The maximum Gasteiger partial charge on any atom is 0.0234 e. The van der Waals surface area contributed by atoms with E-state index in [2.05, 4.69) is 61.0 Å². The molecule has 0 aromatic heterocycles. The summed E-state index contributed by atoms with van der Waals surface area (Å²) in [6, 6.07) is 11.4. The van der Waals surface area contributed by atoms with Crippen LogP contribution in [-0.2, 0) is 6.54 Å². The number of nitrogens with zero attached hydrogens (tertiary/aromatic N) is 2. The van der Waals surface area contributed by atoms with Gasteiger partial charge in [0.1, 0.15) is 0 Å². The lowest BCUT2D eigenvalue weighted by atomic mass is 9.92. The minimum Gasteiger partial charge on any atom is -0.330 e. The van der Waals surface area contributed by atoms with E-state index in [0.29, 0.717) is 6.04 Å². The zero-order valence-corrected chi connectivity index (χ0v) is 13.2. The van der Waals surface area contributed by atoms with Crippen molar-refractivity contribution < 1.29 is 0 Å². The van der Waals surface area contributed by atoms with Gasteiger partial charge in [-0.1, -0.05) is 44.2 Å². The molecule has 1 heterocycles. The van der Waals surface area contributed by atoms with Crippen LogP contribution in [0.4, 0.5) is 0 Å². The molecular weight excluding hydrogens is 246 g/mol. The maximum atomic E-state index is 5.85. The Labute approximate surface area is 123 Å². The molecule has 3 nitrogen and oxygen atoms in total. The van der Waals surface area contributed by atoms with Gasteiger partial charge < -0.3 is 10.6 Å². The van der Waals surface area contributed by atoms with E-state index in [4.69, 9.17) is 5.73 Å². The Morgan fingerprint density at radius 2 is 2.00 bits per heavy atom. The van der Waals surface area contributed by atoms with Crippen LogP contribution in [0.15, 0.2) is 30.3 Å². The van der Waals surface area contributed by atoms with Crippen LogP contribution in [0.2, 0.25) is 0 Å². The number of nitrogens with two attached hydrogens (primary N) is 1. The Morgan fingerprint density at radius 1 is 1.30 bits per heavy atom. The molecule has 20 heavy (non-hydrogen) atoms. The van der Waals surface area contributed by atoms with Gasteiger partial charge in [-0.25, -0.2) is 0 Å². The molecule has 0 bridgehead atoms. The highest BCUT2D eigenvalue weighted by Gasteiger charge is 2.28. The summed E-state index contributed by atoms with van der Waals surface area (Å²) in [6.45, 7) is 9.77. The van der Waals surface area contributed by atoms with Crippen LogP contribution in [0.25, 0.3) is 0 Å². The fourth-order valence-electron chi connectivity index (χ4n) is 3.03. The van der Waals surface area contributed by atoms with Crippen molar-refractivity contribution in [2.75, 3.05) is 33.2 Å². The molecule has 0 spiro atoms. The van der Waals surface area contributed by atoms with Gasteiger partial charge in [-0.3, -0.25) is 4.90 Å². The minimum absolute atomic E-state index is 0.210. The molecule has 1 aliphatic rings. The van der Waals surface area contributed by atoms with Crippen molar-refractivity contribution in [2.45, 2.75) is 32.9 Å². The number of benzene rings is 1. The lowest BCUT2D eigenvalue weighted by molar-refractivity contribution is 0.163. The van der Waals surface area contributed by atoms with Gasteiger partial charge >= 0.3 is 0 Å². The summed E-state index contributed by atoms with van der Waals surface area (Å²) in [6.07, 6.45) is 1.27. The molecule has 2 N–H and O–H groups in total. The van der Waals surface area contributed by atoms with Gasteiger partial charge in [0.25, 0.3) is 0 Å². The van der Waals surface area contributed by atoms with Gasteiger partial charge in [0, 0.05) is 32.2 Å². The Balaban J connectivity index is 1.83. The van der Waals surface area contributed by atoms with E-state index in [1.807, 2.05) is 0 Å². The van der Waals surface area contributed by atoms with Crippen LogP contribution >= 0.6 is 0 Å². The van der Waals surface area contributed by atoms with Crippen molar-refractivity contribution in [3.63, 3.8) is 0 Å². The molecule has 0 radical (unpaired) electrons. The van der Waals surface area contributed by atoms with Crippen LogP contribution in [0.5, 0.6) is 0 Å². The topological polar surface area (TPSA) is 32.5 Å². The fraction of sp³-hybridized carbons (Fsp3) is 0.647. The number of likely N-dealkylation sites (tertiary alicyclic amines) is 1. The second-order valence-electron chi connectivity index (χ2n) is 6.95. The zero-order chi connectivity index (χ0) is 14.6. The Kier molecular flexibility index (Phi) is 5.19. The molecule has 3 heteroatoms. The molecule has 0 amide bonds. The lowest BCUT2D eigenvalue weighted by Gasteiger charge is -2.33. The second-order valence-corrected chi connectivity index (χ2v) is 6.95. The second kappa shape index (κ2) is 6.70. The van der Waals surface area contributed by atoms with E-state index in [9.17, 15) is 0 Å². The van der Waals surface area contributed by atoms with E-state index in [1.165, 1.54) is 25.1 Å². The average molecular weight is 275 g/mol. The SMILES string of the molecule is CN(CC(C)(C)CN)C1CCN(Cc2ccccc2)C1. The Bertz CT molecular complexity index is 402. The summed E-state index contributed by atoms with van der Waals surface area (Å²) >= 11 is 0. The van der Waals surface area contributed by atoms with E-state index < -0.39 is 0 Å². The van der Waals surface area contributed by atoms with Crippen LogP contribution in [0, 0.1) is 5.41 Å². The number of likely N-dealkylation sites (N-methyl/N-ethyl adjacent to an activating group) is 1. The largest absolute Gasteiger partial charge is 0.330 e. The summed E-state index contributed by atoms with van der Waals surface area (Å²) < 4.78 is 0. The van der Waals surface area contributed by atoms with Crippen molar-refractivity contribution in [3.05, 3.63) is 35.9 Å². The summed E-state index contributed by atoms with van der Waals surface area (Å²) in [5, 5.41) is 0. The fourth-order valence-corrected chi connectivity index (χ4v) is 3.03. The van der Waals surface area contributed by atoms with Gasteiger partial charge in [-0.15, -0.1) is 0 Å². The molecular formula is C17H29N3. The average Bonchev–Trinajstić information content (AvgIpc) is 2.88. The van der Waals surface area contributed by atoms with Gasteiger partial charge in [0.2, 0.25) is 0 Å². The van der Waals surface area contributed by atoms with Crippen molar-refractivity contribution >= 4 is 0 Å². The molecule has 112 valence electrons. The number of hydrogen-bond acceptors (Lipinski definition) is 3. The molecule has 0 saturated carbocycles. The van der Waals surface area contributed by atoms with Crippen molar-refractivity contribution in [2.24, 2.45) is 11.1 Å². The van der Waals surface area contributed by atoms with E-state index in [1.54, 1.807) is 0 Å². The highest BCUT2D eigenvalue weighted by atomic mass is 15.2. The highest BCUT2D eigenvalue weighted by Crippen LogP contribution is 2.21. The van der Waals surface area contributed by atoms with Gasteiger partial charge in [-0.05, 0) is 31.0 Å². The summed E-state index contributed by atoms with van der Waals surface area (Å²) in [5.41, 5.74) is 7.47. The third kappa shape index (κ3) is 4.30. The first kappa shape index (κ1) is 15.5. The summed E-state index contributed by atoms with van der Waals surface area (Å²) in [7, 11) is 2.24. The predicted octanol–water partition coefficient (Wildman–Crippen LogP) is 2.18. The van der Waals surface area contributed by atoms with Gasteiger partial charge in [-0.2, -0.15) is 0 Å². The third-order valence-electron chi connectivity index (χ3n) is 4.35. The van der Waals surface area contributed by atoms with Crippen LogP contribution in [0.1, 0.15) is 25.8 Å². The Hall–Kier alpha value is -0.900. The van der Waals surface area contributed by atoms with Crippen LogP contribution in [-0.4, -0.2) is 49.1 Å². The minimum atomic E-state index is 0.210. The molecule has 2 rings (SSSR count). The first-order valence-corrected chi connectivity index (χ1v) is 7.67. The van der Waals surface area contributed by atoms with Crippen molar-refractivity contribution in [1.82, 2.24) is 9.80 Å². The standard InChI is InChI=1S/C17H29N3/c1-17(2,13-18)14-19(3)16-9-10-20(12-16)11-15-7-5-4-6-8-15/h4-8,16H,9-14,18H2,1-3H3. The molecule has 0 aliphatic carbocycles. The van der Waals surface area contributed by atoms with Gasteiger partial charge in [0.05, 0.1) is 0 Å². The first-order chi connectivity index (χ1) is 9.50. The van der Waals surface area contributed by atoms with Crippen LogP contribution < -0.4 is 5.73 Å². The molecule has 1 aromatic rings. The number of hydrogen-bond donors (Lipinski definition) is 1. The van der Waals surface area contributed by atoms with E-state index in [0.717, 1.165) is 19.6 Å². The van der Waals surface area contributed by atoms with Gasteiger partial charge in [0.15, 0.2) is 0 Å². The van der Waals surface area contributed by atoms with Crippen molar-refractivity contribution in [3.8, 4) is 0 Å². The van der Waals surface area contributed by atoms with Crippen LogP contribution in [0.3, 0.4) is 0 Å². The molecule has 1 aromatic carbocycles. The Morgan fingerprint density at radius 3 is 2.65 bits per heavy atom. The predicted molar refractivity (Wildman–Crippen MR) is 85.6 cm³/mol. The zero-order valence-electron chi connectivity index (χ0n) is 13.2. The third-order valence-corrected chi connectivity index (χ3v) is 4.35. The smallest absolute Gasteiger partial charge is 0.0234 e. The molecule has 1 saturated heterocycles. The first-order valence-electron chi connectivity index (χ1n) is 7.67. The molecule has 1 fully saturated rings. The summed E-state index contributed by atoms with van der Waals surface area (Å²) in [4.78, 5) is 5.06. The quantitative estimate of drug-likeness (QED) is 0.863. The lowest BCUT2D eigenvalue weighted by Crippen LogP contribution is -2.43. The monoisotopic (exact) mass is 275 g/mol. The van der Waals surface area contributed by atoms with E-state index >= 15 is 0 Å². The summed E-state index contributed by atoms with van der Waals surface area (Å²) in [5.74, 6) is 0. The molecule has 1 atom stereocenters.